The molecule has 0 aromatic heterocycles. The quantitative estimate of drug-likeness (QED) is 0.632. The Kier molecular flexibility index (Phi) is 5.08. The number of benzene rings is 1. The van der Waals surface area contributed by atoms with E-state index in [1.54, 1.807) is 0 Å². The smallest absolute Gasteiger partial charge is 0.133 e. The molecular weight excluding hydrogens is 370 g/mol. The van der Waals surface area contributed by atoms with Gasteiger partial charge < -0.3 is 10.4 Å². The van der Waals surface area contributed by atoms with E-state index in [9.17, 15) is 9.90 Å². The summed E-state index contributed by atoms with van der Waals surface area (Å²) in [5.41, 5.74) is 4.44. The summed E-state index contributed by atoms with van der Waals surface area (Å²) in [5.74, 6) is 2.38. The zero-order valence-corrected chi connectivity index (χ0v) is 18.6. The molecule has 3 saturated carbocycles. The lowest BCUT2D eigenvalue weighted by Gasteiger charge is -2.57. The lowest BCUT2D eigenvalue weighted by atomic mass is 9.47. The molecule has 0 spiro atoms. The number of fused-ring (bicyclic) bond motifs is 5. The number of aliphatic hydroxyl groups excluding tert-OH is 1. The summed E-state index contributed by atoms with van der Waals surface area (Å²) >= 11 is 0. The van der Waals surface area contributed by atoms with Gasteiger partial charge in [-0.15, -0.1) is 0 Å². The van der Waals surface area contributed by atoms with Crippen LogP contribution >= 0.6 is 0 Å². The fourth-order valence-electron chi connectivity index (χ4n) is 7.84. The third kappa shape index (κ3) is 3.34. The molecule has 0 bridgehead atoms. The molecule has 30 heavy (non-hydrogen) atoms. The highest BCUT2D eigenvalue weighted by atomic mass is 16.3. The maximum Gasteiger partial charge on any atom is 0.133 e. The highest BCUT2D eigenvalue weighted by molar-refractivity contribution is 5.82. The Hall–Kier alpha value is -1.61. The summed E-state index contributed by atoms with van der Waals surface area (Å²) in [7, 11) is 0. The van der Waals surface area contributed by atoms with Gasteiger partial charge in [-0.05, 0) is 98.1 Å². The van der Waals surface area contributed by atoms with Crippen LogP contribution in [0.5, 0.6) is 0 Å². The highest BCUT2D eigenvalue weighted by Crippen LogP contribution is 2.65. The van der Waals surface area contributed by atoms with Crippen molar-refractivity contribution in [2.45, 2.75) is 77.7 Å². The Balaban J connectivity index is 1.34. The van der Waals surface area contributed by atoms with Crippen molar-refractivity contribution in [2.75, 3.05) is 11.9 Å². The zero-order chi connectivity index (χ0) is 20.9. The van der Waals surface area contributed by atoms with Crippen molar-refractivity contribution >= 4 is 11.5 Å². The number of ketones is 1. The maximum atomic E-state index is 12.7. The normalized spacial score (nSPS) is 40.2. The molecule has 5 rings (SSSR count). The van der Waals surface area contributed by atoms with Crippen LogP contribution in [0, 0.1) is 35.5 Å². The minimum absolute atomic E-state index is 0.149. The van der Waals surface area contributed by atoms with Gasteiger partial charge in [0.25, 0.3) is 0 Å². The van der Waals surface area contributed by atoms with E-state index in [1.807, 2.05) is 0 Å². The van der Waals surface area contributed by atoms with E-state index >= 15 is 0 Å². The molecule has 3 heteroatoms. The van der Waals surface area contributed by atoms with E-state index in [0.717, 1.165) is 51.5 Å². The molecule has 1 aromatic rings. The Bertz CT molecular complexity index is 860. The predicted octanol–water partition coefficient (Wildman–Crippen LogP) is 5.67. The molecule has 6 atom stereocenters. The molecule has 4 aliphatic rings. The number of rotatable bonds is 4. The van der Waals surface area contributed by atoms with Crippen molar-refractivity contribution in [1.29, 1.82) is 0 Å². The van der Waals surface area contributed by atoms with Gasteiger partial charge >= 0.3 is 0 Å². The van der Waals surface area contributed by atoms with Crippen molar-refractivity contribution in [2.24, 2.45) is 28.6 Å². The Labute approximate surface area is 181 Å². The van der Waals surface area contributed by atoms with E-state index in [-0.39, 0.29) is 16.9 Å². The zero-order valence-electron chi connectivity index (χ0n) is 18.6. The van der Waals surface area contributed by atoms with Gasteiger partial charge in [-0.1, -0.05) is 30.7 Å². The summed E-state index contributed by atoms with van der Waals surface area (Å²) in [5, 5.41) is 13.8. The molecule has 2 N–H and O–H groups in total. The first-order valence-electron chi connectivity index (χ1n) is 12.1. The third-order valence-electron chi connectivity index (χ3n) is 9.38. The van der Waals surface area contributed by atoms with Crippen LogP contribution in [-0.2, 0) is 4.79 Å². The monoisotopic (exact) mass is 407 g/mol. The van der Waals surface area contributed by atoms with Gasteiger partial charge in [-0.2, -0.15) is 0 Å². The number of hydrogen-bond acceptors (Lipinski definition) is 3. The number of carbonyl (C=O) groups is 1. The molecule has 0 amide bonds. The van der Waals surface area contributed by atoms with E-state index in [1.165, 1.54) is 29.7 Å². The largest absolute Gasteiger partial charge is 0.393 e. The van der Waals surface area contributed by atoms with Gasteiger partial charge in [0.1, 0.15) is 5.78 Å². The highest BCUT2D eigenvalue weighted by Gasteiger charge is 2.58. The van der Waals surface area contributed by atoms with Gasteiger partial charge in [0.05, 0.1) is 6.10 Å². The second-order valence-corrected chi connectivity index (χ2v) is 11.0. The second-order valence-electron chi connectivity index (χ2n) is 11.0. The molecule has 0 saturated heterocycles. The van der Waals surface area contributed by atoms with Crippen molar-refractivity contribution in [3.8, 4) is 0 Å². The minimum atomic E-state index is -0.149. The van der Waals surface area contributed by atoms with Gasteiger partial charge in [-0.25, -0.2) is 0 Å². The standard InChI is InChI=1S/C27H37NO2/c1-18-4-3-5-20(14-18)28-13-12-27-11-9-24-23(25(27)16-22(30)17-27)7-6-19-15-21(29)8-10-26(19,24)2/h3-6,14,21,23-25,28-29H,7-13,15-17H2,1-2H3/t21-,23+,24-,25-,26-,27-/m0/s1. The van der Waals surface area contributed by atoms with E-state index < -0.39 is 0 Å². The van der Waals surface area contributed by atoms with Crippen LogP contribution in [0.1, 0.15) is 70.3 Å². The summed E-state index contributed by atoms with van der Waals surface area (Å²) in [6, 6.07) is 8.59. The van der Waals surface area contributed by atoms with Gasteiger partial charge in [0.15, 0.2) is 0 Å². The number of hydrogen-bond donors (Lipinski definition) is 2. The number of carbonyl (C=O) groups excluding carboxylic acids is 1. The summed E-state index contributed by atoms with van der Waals surface area (Å²) < 4.78 is 0. The van der Waals surface area contributed by atoms with Crippen LogP contribution in [0.4, 0.5) is 5.69 Å². The number of aliphatic hydroxyl groups is 1. The molecule has 4 aliphatic carbocycles. The van der Waals surface area contributed by atoms with Crippen LogP contribution in [0.25, 0.3) is 0 Å². The van der Waals surface area contributed by atoms with Crippen LogP contribution in [0.3, 0.4) is 0 Å². The Morgan fingerprint density at radius 3 is 2.87 bits per heavy atom. The Morgan fingerprint density at radius 2 is 2.03 bits per heavy atom. The van der Waals surface area contributed by atoms with E-state index in [0.29, 0.717) is 23.5 Å². The van der Waals surface area contributed by atoms with E-state index in [4.69, 9.17) is 0 Å². The number of aryl methyl sites for hydroxylation is 1. The lowest BCUT2D eigenvalue weighted by Crippen LogP contribution is -2.50. The summed E-state index contributed by atoms with van der Waals surface area (Å²) in [6.07, 6.45) is 11.5. The predicted molar refractivity (Wildman–Crippen MR) is 121 cm³/mol. The van der Waals surface area contributed by atoms with Crippen LogP contribution in [-0.4, -0.2) is 23.5 Å². The molecule has 0 unspecified atom stereocenters. The van der Waals surface area contributed by atoms with Crippen molar-refractivity contribution in [3.05, 3.63) is 41.5 Å². The van der Waals surface area contributed by atoms with E-state index in [2.05, 4.69) is 49.5 Å². The molecule has 0 heterocycles. The van der Waals surface area contributed by atoms with Gasteiger partial charge in [-0.3, -0.25) is 4.79 Å². The topological polar surface area (TPSA) is 49.3 Å². The lowest BCUT2D eigenvalue weighted by molar-refractivity contribution is -0.118. The average molecular weight is 408 g/mol. The van der Waals surface area contributed by atoms with Crippen molar-refractivity contribution < 1.29 is 9.90 Å². The number of allylic oxidation sites excluding steroid dienone is 1. The fraction of sp³-hybridized carbons (Fsp3) is 0.667. The summed E-state index contributed by atoms with van der Waals surface area (Å²) in [4.78, 5) is 12.7. The molecule has 3 nitrogen and oxygen atoms in total. The van der Waals surface area contributed by atoms with Crippen molar-refractivity contribution in [3.63, 3.8) is 0 Å². The number of nitrogens with one attached hydrogen (secondary N) is 1. The molecule has 0 aliphatic heterocycles. The molecule has 3 fully saturated rings. The first-order chi connectivity index (χ1) is 14.4. The van der Waals surface area contributed by atoms with Gasteiger partial charge in [0, 0.05) is 25.1 Å². The molecular formula is C27H37NO2. The van der Waals surface area contributed by atoms with Crippen LogP contribution in [0.15, 0.2) is 35.9 Å². The first kappa shape index (κ1) is 20.3. The Morgan fingerprint density at radius 1 is 1.17 bits per heavy atom. The SMILES string of the molecule is Cc1cccc(NCC[C@]23CC[C@H]4[C@@H](CC=C5C[C@@H](O)CC[C@@]54C)[C@@H]2CC(=O)C3)c1. The van der Waals surface area contributed by atoms with Crippen molar-refractivity contribution in [1.82, 2.24) is 0 Å². The molecule has 162 valence electrons. The molecule has 0 radical (unpaired) electrons. The number of Topliss-reactive ketones (excluding diaryl/α,β-unsaturated/α-hetero) is 1. The summed E-state index contributed by atoms with van der Waals surface area (Å²) in [6.45, 7) is 5.55. The first-order valence-corrected chi connectivity index (χ1v) is 12.1. The second kappa shape index (κ2) is 7.51. The maximum absolute atomic E-state index is 12.7. The molecule has 1 aromatic carbocycles. The third-order valence-corrected chi connectivity index (χ3v) is 9.38. The van der Waals surface area contributed by atoms with Gasteiger partial charge in [0.2, 0.25) is 0 Å². The average Bonchev–Trinajstić information content (AvgIpc) is 3.05. The van der Waals surface area contributed by atoms with Crippen LogP contribution < -0.4 is 5.32 Å². The minimum Gasteiger partial charge on any atom is -0.393 e. The number of anilines is 1. The fourth-order valence-corrected chi connectivity index (χ4v) is 7.84. The van der Waals surface area contributed by atoms with Crippen LogP contribution in [0.2, 0.25) is 0 Å².